The molecule has 2 heterocycles. The third-order valence-corrected chi connectivity index (χ3v) is 5.03. The maximum Gasteiger partial charge on any atom is 0.0223 e. The van der Waals surface area contributed by atoms with Crippen LogP contribution in [0.2, 0.25) is 0 Å². The highest BCUT2D eigenvalue weighted by Crippen LogP contribution is 2.33. The number of nitrogens with zero attached hydrogens (tertiary/aromatic N) is 2. The molecule has 2 atom stereocenters. The average Bonchev–Trinajstić information content (AvgIpc) is 3.22. The molecule has 3 rings (SSSR count). The van der Waals surface area contributed by atoms with Gasteiger partial charge in [-0.3, -0.25) is 9.80 Å². The number of fused-ring (bicyclic) bond motifs is 1. The predicted molar refractivity (Wildman–Crippen MR) is 75.8 cm³/mol. The van der Waals surface area contributed by atoms with Gasteiger partial charge in [-0.05, 0) is 44.7 Å². The Morgan fingerprint density at radius 2 is 2.00 bits per heavy atom. The van der Waals surface area contributed by atoms with Gasteiger partial charge < -0.3 is 5.32 Å². The van der Waals surface area contributed by atoms with Gasteiger partial charge in [0.15, 0.2) is 0 Å². The topological polar surface area (TPSA) is 18.5 Å². The second kappa shape index (κ2) is 5.89. The number of hydrogen-bond acceptors (Lipinski definition) is 3. The van der Waals surface area contributed by atoms with Crippen LogP contribution in [-0.4, -0.2) is 61.2 Å². The number of likely N-dealkylation sites (N-methyl/N-ethyl adjacent to an activating group) is 1. The van der Waals surface area contributed by atoms with E-state index in [1.807, 2.05) is 0 Å². The van der Waals surface area contributed by atoms with E-state index in [-0.39, 0.29) is 0 Å². The van der Waals surface area contributed by atoms with E-state index in [0.717, 1.165) is 24.5 Å². The van der Waals surface area contributed by atoms with Gasteiger partial charge in [-0.1, -0.05) is 13.3 Å². The second-order valence-corrected chi connectivity index (χ2v) is 6.45. The van der Waals surface area contributed by atoms with Crippen molar-refractivity contribution in [2.45, 2.75) is 51.1 Å². The fraction of sp³-hybridized carbons (Fsp3) is 1.00. The Kier molecular flexibility index (Phi) is 4.22. The summed E-state index contributed by atoms with van der Waals surface area (Å²) in [6.07, 6.45) is 7.24. The lowest BCUT2D eigenvalue weighted by Crippen LogP contribution is -2.57. The van der Waals surface area contributed by atoms with Crippen molar-refractivity contribution < 1.29 is 0 Å². The van der Waals surface area contributed by atoms with Gasteiger partial charge in [0, 0.05) is 38.3 Å². The first-order chi connectivity index (χ1) is 8.86. The molecule has 0 bridgehead atoms. The molecule has 3 nitrogen and oxygen atoms in total. The largest absolute Gasteiger partial charge is 0.313 e. The summed E-state index contributed by atoms with van der Waals surface area (Å²) >= 11 is 0. The van der Waals surface area contributed by atoms with Gasteiger partial charge >= 0.3 is 0 Å². The first-order valence-electron chi connectivity index (χ1n) is 8.06. The van der Waals surface area contributed by atoms with Gasteiger partial charge in [-0.15, -0.1) is 0 Å². The number of rotatable bonds is 5. The lowest BCUT2D eigenvalue weighted by Gasteiger charge is -2.45. The van der Waals surface area contributed by atoms with Crippen LogP contribution in [0.15, 0.2) is 0 Å². The van der Waals surface area contributed by atoms with Crippen molar-refractivity contribution in [3.63, 3.8) is 0 Å². The first-order valence-corrected chi connectivity index (χ1v) is 8.06. The fourth-order valence-corrected chi connectivity index (χ4v) is 3.81. The van der Waals surface area contributed by atoms with E-state index in [1.54, 1.807) is 0 Å². The number of piperazine rings is 1. The molecule has 2 aliphatic heterocycles. The quantitative estimate of drug-likeness (QED) is 0.800. The molecule has 3 fully saturated rings. The van der Waals surface area contributed by atoms with Crippen molar-refractivity contribution in [2.24, 2.45) is 5.92 Å². The number of hydrogen-bond donors (Lipinski definition) is 1. The third kappa shape index (κ3) is 3.06. The van der Waals surface area contributed by atoms with Crippen LogP contribution >= 0.6 is 0 Å². The van der Waals surface area contributed by atoms with Gasteiger partial charge in [0.25, 0.3) is 0 Å². The van der Waals surface area contributed by atoms with Crippen LogP contribution in [-0.2, 0) is 0 Å². The number of piperidine rings is 1. The minimum Gasteiger partial charge on any atom is -0.313 e. The Morgan fingerprint density at radius 1 is 1.11 bits per heavy atom. The summed E-state index contributed by atoms with van der Waals surface area (Å²) in [5, 5.41) is 3.71. The van der Waals surface area contributed by atoms with Crippen LogP contribution in [0.25, 0.3) is 0 Å². The van der Waals surface area contributed by atoms with Crippen LogP contribution < -0.4 is 5.32 Å². The fourth-order valence-electron chi connectivity index (χ4n) is 3.81. The summed E-state index contributed by atoms with van der Waals surface area (Å²) in [7, 11) is 0. The molecule has 1 N–H and O–H groups in total. The monoisotopic (exact) mass is 251 g/mol. The van der Waals surface area contributed by atoms with Crippen molar-refractivity contribution in [1.82, 2.24) is 15.1 Å². The van der Waals surface area contributed by atoms with Gasteiger partial charge in [0.2, 0.25) is 0 Å². The van der Waals surface area contributed by atoms with Crippen LogP contribution in [0.1, 0.15) is 39.0 Å². The molecular weight excluding hydrogens is 222 g/mol. The van der Waals surface area contributed by atoms with Gasteiger partial charge in [-0.2, -0.15) is 0 Å². The van der Waals surface area contributed by atoms with Gasteiger partial charge in [0.05, 0.1) is 0 Å². The molecule has 18 heavy (non-hydrogen) atoms. The molecule has 3 aliphatic rings. The molecule has 1 saturated carbocycles. The molecule has 0 spiro atoms. The molecule has 3 heteroatoms. The maximum atomic E-state index is 3.71. The van der Waals surface area contributed by atoms with Crippen LogP contribution in [0, 0.1) is 5.92 Å². The molecular formula is C15H29N3. The molecule has 0 aromatic rings. The second-order valence-electron chi connectivity index (χ2n) is 6.45. The highest BCUT2D eigenvalue weighted by atomic mass is 15.3. The summed E-state index contributed by atoms with van der Waals surface area (Å²) in [6.45, 7) is 9.97. The zero-order chi connectivity index (χ0) is 12.4. The summed E-state index contributed by atoms with van der Waals surface area (Å²) in [5.41, 5.74) is 0. The van der Waals surface area contributed by atoms with E-state index in [9.17, 15) is 0 Å². The predicted octanol–water partition coefficient (Wildman–Crippen LogP) is 1.54. The minimum absolute atomic E-state index is 0.769. The Hall–Kier alpha value is -0.120. The zero-order valence-corrected chi connectivity index (χ0v) is 11.9. The molecule has 0 amide bonds. The summed E-state index contributed by atoms with van der Waals surface area (Å²) < 4.78 is 0. The minimum atomic E-state index is 0.769. The summed E-state index contributed by atoms with van der Waals surface area (Å²) in [6, 6.07) is 1.64. The van der Waals surface area contributed by atoms with E-state index in [2.05, 4.69) is 22.0 Å². The van der Waals surface area contributed by atoms with E-state index >= 15 is 0 Å². The van der Waals surface area contributed by atoms with Crippen LogP contribution in [0.5, 0.6) is 0 Å². The van der Waals surface area contributed by atoms with Crippen LogP contribution in [0.3, 0.4) is 0 Å². The average molecular weight is 251 g/mol. The smallest absolute Gasteiger partial charge is 0.0223 e. The summed E-state index contributed by atoms with van der Waals surface area (Å²) in [5.74, 6) is 0.981. The normalized spacial score (nSPS) is 32.2. The van der Waals surface area contributed by atoms with E-state index in [1.165, 1.54) is 64.8 Å². The van der Waals surface area contributed by atoms with E-state index in [4.69, 9.17) is 0 Å². The van der Waals surface area contributed by atoms with Crippen molar-refractivity contribution >= 4 is 0 Å². The number of nitrogens with one attached hydrogen (secondary N) is 1. The van der Waals surface area contributed by atoms with Crippen molar-refractivity contribution in [3.8, 4) is 0 Å². The Labute approximate surface area is 112 Å². The molecule has 0 radical (unpaired) electrons. The Morgan fingerprint density at radius 3 is 2.78 bits per heavy atom. The Bertz CT molecular complexity index is 264. The standard InChI is InChI=1S/C15H29N3/c1-2-16-15(13-6-7-13)12-17-9-10-18-8-4-3-5-14(18)11-17/h13-16H,2-12H2,1H3. The maximum absolute atomic E-state index is 3.71. The van der Waals surface area contributed by atoms with E-state index in [0.29, 0.717) is 0 Å². The van der Waals surface area contributed by atoms with Gasteiger partial charge in [0.1, 0.15) is 0 Å². The molecule has 0 aromatic heterocycles. The van der Waals surface area contributed by atoms with Crippen LogP contribution in [0.4, 0.5) is 0 Å². The SMILES string of the molecule is CCNC(CN1CCN2CCCCC2C1)C1CC1. The van der Waals surface area contributed by atoms with Crippen molar-refractivity contribution in [3.05, 3.63) is 0 Å². The zero-order valence-electron chi connectivity index (χ0n) is 11.9. The lowest BCUT2D eigenvalue weighted by molar-refractivity contribution is 0.0436. The Balaban J connectivity index is 1.50. The lowest BCUT2D eigenvalue weighted by atomic mass is 9.99. The first kappa shape index (κ1) is 12.9. The molecule has 2 unspecified atom stereocenters. The highest BCUT2D eigenvalue weighted by molar-refractivity contribution is 4.91. The van der Waals surface area contributed by atoms with Crippen molar-refractivity contribution in [1.29, 1.82) is 0 Å². The van der Waals surface area contributed by atoms with Crippen molar-refractivity contribution in [2.75, 3.05) is 39.3 Å². The highest BCUT2D eigenvalue weighted by Gasteiger charge is 2.34. The summed E-state index contributed by atoms with van der Waals surface area (Å²) in [4.78, 5) is 5.47. The molecule has 104 valence electrons. The third-order valence-electron chi connectivity index (χ3n) is 5.03. The molecule has 1 aliphatic carbocycles. The van der Waals surface area contributed by atoms with E-state index < -0.39 is 0 Å². The molecule has 2 saturated heterocycles. The molecule has 0 aromatic carbocycles. The van der Waals surface area contributed by atoms with Gasteiger partial charge in [-0.25, -0.2) is 0 Å².